The van der Waals surface area contributed by atoms with E-state index in [1.54, 1.807) is 6.20 Å². The van der Waals surface area contributed by atoms with E-state index >= 15 is 0 Å². The lowest BCUT2D eigenvalue weighted by molar-refractivity contribution is -0.0524. The van der Waals surface area contributed by atoms with Crippen molar-refractivity contribution in [2.24, 2.45) is 0 Å². The molecule has 1 N–H and O–H groups in total. The molecule has 2 bridgehead atoms. The summed E-state index contributed by atoms with van der Waals surface area (Å²) in [4.78, 5) is 6.69. The van der Waals surface area contributed by atoms with Crippen LogP contribution >= 0.6 is 0 Å². The molecule has 3 nitrogen and oxygen atoms in total. The Morgan fingerprint density at radius 2 is 2.12 bits per heavy atom. The van der Waals surface area contributed by atoms with Crippen LogP contribution in [0.15, 0.2) is 18.3 Å². The van der Waals surface area contributed by atoms with E-state index in [1.165, 1.54) is 12.8 Å². The number of aromatic nitrogens is 1. The number of hydrogen-bond donors (Lipinski definition) is 1. The molecular weight excluding hydrogens is 200 g/mol. The number of pyridine rings is 1. The molecular formula is C13H17N2O. The van der Waals surface area contributed by atoms with Crippen molar-refractivity contribution in [2.75, 3.05) is 7.05 Å². The average molecular weight is 217 g/mol. The number of fused-ring (bicyclic) bond motifs is 2. The van der Waals surface area contributed by atoms with Crippen LogP contribution in [0.3, 0.4) is 0 Å². The van der Waals surface area contributed by atoms with Crippen LogP contribution in [0, 0.1) is 6.07 Å². The summed E-state index contributed by atoms with van der Waals surface area (Å²) in [6.07, 6.45) is 5.70. The molecule has 0 amide bonds. The molecule has 2 fully saturated rings. The van der Waals surface area contributed by atoms with Gasteiger partial charge in [0.15, 0.2) is 0 Å². The van der Waals surface area contributed by atoms with E-state index < -0.39 is 5.60 Å². The third-order valence-electron chi connectivity index (χ3n) is 4.22. The number of piperidine rings is 1. The van der Waals surface area contributed by atoms with Crippen molar-refractivity contribution >= 4 is 0 Å². The molecule has 0 aromatic carbocycles. The lowest BCUT2D eigenvalue weighted by atomic mass is 9.83. The quantitative estimate of drug-likeness (QED) is 0.771. The number of hydrogen-bond acceptors (Lipinski definition) is 3. The zero-order valence-electron chi connectivity index (χ0n) is 9.56. The van der Waals surface area contributed by atoms with Crippen LogP contribution in [0.4, 0.5) is 0 Å². The van der Waals surface area contributed by atoms with E-state index in [4.69, 9.17) is 0 Å². The molecule has 2 aliphatic rings. The highest BCUT2D eigenvalue weighted by molar-refractivity contribution is 5.16. The molecule has 1 aromatic heterocycles. The SMILES string of the molecule is CN1[C@@H]2CC[C@H]1CC(O)(c1cc[c]cn1)C2. The minimum atomic E-state index is -0.715. The predicted molar refractivity (Wildman–Crippen MR) is 60.8 cm³/mol. The second-order valence-electron chi connectivity index (χ2n) is 5.13. The van der Waals surface area contributed by atoms with Gasteiger partial charge in [-0.1, -0.05) is 6.07 Å². The smallest absolute Gasteiger partial charge is 0.109 e. The Morgan fingerprint density at radius 1 is 1.44 bits per heavy atom. The fraction of sp³-hybridized carbons (Fsp3) is 0.615. The fourth-order valence-electron chi connectivity index (χ4n) is 3.25. The van der Waals surface area contributed by atoms with Gasteiger partial charge in [-0.25, -0.2) is 0 Å². The van der Waals surface area contributed by atoms with Crippen LogP contribution < -0.4 is 0 Å². The van der Waals surface area contributed by atoms with Gasteiger partial charge in [-0.05, 0) is 38.8 Å². The topological polar surface area (TPSA) is 36.4 Å². The Kier molecular flexibility index (Phi) is 2.26. The molecule has 0 spiro atoms. The highest BCUT2D eigenvalue weighted by Gasteiger charge is 2.47. The Bertz CT molecular complexity index is 365. The molecule has 3 rings (SSSR count). The van der Waals surface area contributed by atoms with Crippen LogP contribution in [0.5, 0.6) is 0 Å². The first-order valence-electron chi connectivity index (χ1n) is 5.96. The van der Waals surface area contributed by atoms with E-state index in [-0.39, 0.29) is 0 Å². The molecule has 85 valence electrons. The normalized spacial score (nSPS) is 38.9. The molecule has 0 saturated carbocycles. The van der Waals surface area contributed by atoms with Gasteiger partial charge in [0.1, 0.15) is 5.60 Å². The van der Waals surface area contributed by atoms with Crippen molar-refractivity contribution in [1.82, 2.24) is 9.88 Å². The van der Waals surface area contributed by atoms with Crippen LogP contribution in [-0.2, 0) is 5.60 Å². The minimum Gasteiger partial charge on any atom is -0.383 e. The number of rotatable bonds is 1. The van der Waals surface area contributed by atoms with Crippen LogP contribution in [0.1, 0.15) is 31.4 Å². The number of aliphatic hydroxyl groups is 1. The second-order valence-corrected chi connectivity index (χ2v) is 5.13. The van der Waals surface area contributed by atoms with E-state index in [9.17, 15) is 5.11 Å². The van der Waals surface area contributed by atoms with Crippen molar-refractivity contribution in [3.8, 4) is 0 Å². The summed E-state index contributed by atoms with van der Waals surface area (Å²) in [5.41, 5.74) is 0.101. The minimum absolute atomic E-state index is 0.523. The van der Waals surface area contributed by atoms with Crippen LogP contribution in [-0.4, -0.2) is 34.1 Å². The van der Waals surface area contributed by atoms with Gasteiger partial charge in [0.25, 0.3) is 0 Å². The zero-order valence-corrected chi connectivity index (χ0v) is 9.56. The maximum atomic E-state index is 10.7. The lowest BCUT2D eigenvalue weighted by Crippen LogP contribution is -2.47. The van der Waals surface area contributed by atoms with Gasteiger partial charge in [-0.15, -0.1) is 0 Å². The van der Waals surface area contributed by atoms with Gasteiger partial charge >= 0.3 is 0 Å². The molecule has 2 saturated heterocycles. The van der Waals surface area contributed by atoms with Crippen molar-refractivity contribution in [2.45, 2.75) is 43.4 Å². The highest BCUT2D eigenvalue weighted by atomic mass is 16.3. The highest BCUT2D eigenvalue weighted by Crippen LogP contribution is 2.44. The van der Waals surface area contributed by atoms with Crippen molar-refractivity contribution in [3.05, 3.63) is 30.1 Å². The summed E-state index contributed by atoms with van der Waals surface area (Å²) in [6, 6.07) is 7.68. The molecule has 1 unspecified atom stereocenters. The van der Waals surface area contributed by atoms with Gasteiger partial charge < -0.3 is 10.0 Å². The van der Waals surface area contributed by atoms with Crippen LogP contribution in [0.2, 0.25) is 0 Å². The maximum Gasteiger partial charge on any atom is 0.109 e. The Morgan fingerprint density at radius 3 is 2.69 bits per heavy atom. The summed E-state index contributed by atoms with van der Waals surface area (Å²) in [7, 11) is 2.17. The Hall–Kier alpha value is -0.930. The Balaban J connectivity index is 1.91. The summed E-state index contributed by atoms with van der Waals surface area (Å²) in [6.45, 7) is 0. The lowest BCUT2D eigenvalue weighted by Gasteiger charge is -2.41. The summed E-state index contributed by atoms with van der Waals surface area (Å²) in [5, 5.41) is 10.7. The Labute approximate surface area is 96.1 Å². The summed E-state index contributed by atoms with van der Waals surface area (Å²) >= 11 is 0. The number of nitrogens with zero attached hydrogens (tertiary/aromatic N) is 2. The third kappa shape index (κ3) is 1.46. The molecule has 0 aliphatic carbocycles. The molecule has 3 heterocycles. The van der Waals surface area contributed by atoms with E-state index in [1.807, 2.05) is 12.1 Å². The fourth-order valence-corrected chi connectivity index (χ4v) is 3.25. The second kappa shape index (κ2) is 3.54. The largest absolute Gasteiger partial charge is 0.383 e. The molecule has 3 atom stereocenters. The first-order chi connectivity index (χ1) is 7.69. The summed E-state index contributed by atoms with van der Waals surface area (Å²) < 4.78 is 0. The van der Waals surface area contributed by atoms with E-state index in [2.05, 4.69) is 23.0 Å². The van der Waals surface area contributed by atoms with Gasteiger partial charge in [-0.2, -0.15) is 0 Å². The first-order valence-corrected chi connectivity index (χ1v) is 5.96. The monoisotopic (exact) mass is 217 g/mol. The van der Waals surface area contributed by atoms with Crippen LogP contribution in [0.25, 0.3) is 0 Å². The van der Waals surface area contributed by atoms with Gasteiger partial charge in [-0.3, -0.25) is 4.98 Å². The van der Waals surface area contributed by atoms with E-state index in [0.29, 0.717) is 12.1 Å². The summed E-state index contributed by atoms with van der Waals surface area (Å²) in [5.74, 6) is 0. The third-order valence-corrected chi connectivity index (χ3v) is 4.22. The van der Waals surface area contributed by atoms with Gasteiger partial charge in [0.05, 0.1) is 5.69 Å². The van der Waals surface area contributed by atoms with E-state index in [0.717, 1.165) is 18.5 Å². The zero-order chi connectivity index (χ0) is 11.2. The standard InChI is InChI=1S/C13H17N2O/c1-15-10-5-6-11(15)9-13(16,8-10)12-4-2-3-7-14-12/h2,4,7,10-11,16H,5-6,8-9H2,1H3/t10-,11+,13?. The maximum absolute atomic E-state index is 10.7. The molecule has 16 heavy (non-hydrogen) atoms. The van der Waals surface area contributed by atoms with Crippen molar-refractivity contribution in [3.63, 3.8) is 0 Å². The predicted octanol–water partition coefficient (Wildman–Crippen LogP) is 1.33. The average Bonchev–Trinajstić information content (AvgIpc) is 2.54. The molecule has 1 radical (unpaired) electrons. The van der Waals surface area contributed by atoms with Gasteiger partial charge in [0.2, 0.25) is 0 Å². The van der Waals surface area contributed by atoms with Crippen molar-refractivity contribution in [1.29, 1.82) is 0 Å². The molecule has 1 aromatic rings. The van der Waals surface area contributed by atoms with Crippen molar-refractivity contribution < 1.29 is 5.11 Å². The first kappa shape index (κ1) is 10.2. The molecule has 2 aliphatic heterocycles. The molecule has 3 heteroatoms. The van der Waals surface area contributed by atoms with Gasteiger partial charge in [0, 0.05) is 24.3 Å².